The molecule has 0 atom stereocenters. The SMILES string of the molecule is COc1ccc([O-])c(C=NCCCNCCNCCCN=Cc2cc(OC)ccc2[O-])c1.[Cl-].[Mn+3]. The van der Waals surface area contributed by atoms with Gasteiger partial charge in [-0.1, -0.05) is 23.6 Å². The number of benzene rings is 2. The van der Waals surface area contributed by atoms with Crippen molar-refractivity contribution in [1.29, 1.82) is 0 Å². The minimum absolute atomic E-state index is 0. The number of hydrogen-bond acceptors (Lipinski definition) is 8. The zero-order valence-electron chi connectivity index (χ0n) is 19.6. The molecule has 0 saturated heterocycles. The van der Waals surface area contributed by atoms with Gasteiger partial charge in [-0.25, -0.2) is 0 Å². The fourth-order valence-electron chi connectivity index (χ4n) is 2.85. The molecule has 0 aromatic heterocycles. The molecule has 186 valence electrons. The first kappa shape index (κ1) is 31.7. The molecule has 0 amide bonds. The van der Waals surface area contributed by atoms with Crippen molar-refractivity contribution in [1.82, 2.24) is 10.6 Å². The average Bonchev–Trinajstić information content (AvgIpc) is 2.81. The fraction of sp³-hybridized carbons (Fsp3) is 0.417. The minimum atomic E-state index is -0.0557. The molecule has 0 spiro atoms. The van der Waals surface area contributed by atoms with Crippen molar-refractivity contribution >= 4 is 12.4 Å². The van der Waals surface area contributed by atoms with Gasteiger partial charge in [0.15, 0.2) is 0 Å². The molecular weight excluding hydrogens is 499 g/mol. The van der Waals surface area contributed by atoms with Crippen LogP contribution >= 0.6 is 0 Å². The van der Waals surface area contributed by atoms with Crippen molar-refractivity contribution in [2.24, 2.45) is 9.98 Å². The molecule has 0 heterocycles. The Morgan fingerprint density at radius 2 is 1.15 bits per heavy atom. The third kappa shape index (κ3) is 12.3. The van der Waals surface area contributed by atoms with E-state index in [1.165, 1.54) is 12.1 Å². The Labute approximate surface area is 218 Å². The van der Waals surface area contributed by atoms with Gasteiger partial charge in [-0.2, -0.15) is 0 Å². The van der Waals surface area contributed by atoms with Gasteiger partial charge in [0.2, 0.25) is 0 Å². The van der Waals surface area contributed by atoms with Crippen LogP contribution in [0.5, 0.6) is 23.0 Å². The summed E-state index contributed by atoms with van der Waals surface area (Å²) in [5, 5.41) is 30.2. The van der Waals surface area contributed by atoms with Crippen LogP contribution in [0.1, 0.15) is 24.0 Å². The van der Waals surface area contributed by atoms with E-state index in [9.17, 15) is 10.2 Å². The standard InChI is InChI=1S/C24H34N4O4.ClH.Mn/c1-31-21-5-7-23(29)19(15-21)17-27-11-3-9-25-13-14-26-10-4-12-28-18-20-16-22(32-2)6-8-24(20)30;;/h5-8,15-18,25-26,29-30H,3-4,9-14H2,1-2H3;1H;/q;;+3/p-3. The van der Waals surface area contributed by atoms with Crippen LogP contribution < -0.4 is 42.7 Å². The fourth-order valence-corrected chi connectivity index (χ4v) is 2.85. The Balaban J connectivity index is 0.00000544. The first-order valence-corrected chi connectivity index (χ1v) is 10.7. The second-order valence-electron chi connectivity index (χ2n) is 7.09. The Bertz CT molecular complexity index is 813. The summed E-state index contributed by atoms with van der Waals surface area (Å²) < 4.78 is 10.2. The van der Waals surface area contributed by atoms with Crippen LogP contribution in [-0.2, 0) is 17.1 Å². The van der Waals surface area contributed by atoms with Crippen molar-refractivity contribution in [2.45, 2.75) is 12.8 Å². The number of aliphatic imine (C=N–C) groups is 2. The van der Waals surface area contributed by atoms with Crippen molar-refractivity contribution in [2.75, 3.05) is 53.5 Å². The summed E-state index contributed by atoms with van der Waals surface area (Å²) in [6, 6.07) is 9.67. The van der Waals surface area contributed by atoms with Crippen molar-refractivity contribution in [3.05, 3.63) is 47.5 Å². The van der Waals surface area contributed by atoms with Gasteiger partial charge in [-0.15, -0.1) is 0 Å². The van der Waals surface area contributed by atoms with Gasteiger partial charge in [0.05, 0.1) is 14.2 Å². The summed E-state index contributed by atoms with van der Waals surface area (Å²) in [7, 11) is 3.15. The molecule has 0 aliphatic heterocycles. The minimum Gasteiger partial charge on any atom is -1.00 e. The maximum absolute atomic E-state index is 11.7. The molecule has 0 aliphatic rings. The molecule has 8 nitrogen and oxygen atoms in total. The van der Waals surface area contributed by atoms with Crippen molar-refractivity contribution in [3.8, 4) is 23.0 Å². The van der Waals surface area contributed by atoms with Crippen LogP contribution in [0.3, 0.4) is 0 Å². The van der Waals surface area contributed by atoms with E-state index >= 15 is 0 Å². The zero-order chi connectivity index (χ0) is 23.0. The predicted octanol–water partition coefficient (Wildman–Crippen LogP) is -1.65. The number of methoxy groups -OCH3 is 2. The zero-order valence-corrected chi connectivity index (χ0v) is 21.5. The van der Waals surface area contributed by atoms with Crippen LogP contribution in [0.15, 0.2) is 46.4 Å². The third-order valence-electron chi connectivity index (χ3n) is 4.65. The molecular formula is C24H32ClMnN4O4. The normalized spacial score (nSPS) is 10.8. The van der Waals surface area contributed by atoms with Crippen LogP contribution in [0, 0.1) is 0 Å². The summed E-state index contributed by atoms with van der Waals surface area (Å²) in [6.07, 6.45) is 5.02. The molecule has 34 heavy (non-hydrogen) atoms. The molecule has 0 aliphatic carbocycles. The average molecular weight is 531 g/mol. The monoisotopic (exact) mass is 530 g/mol. The van der Waals surface area contributed by atoms with E-state index in [0.29, 0.717) is 35.7 Å². The predicted molar refractivity (Wildman–Crippen MR) is 125 cm³/mol. The van der Waals surface area contributed by atoms with Gasteiger partial charge in [-0.3, -0.25) is 9.98 Å². The van der Waals surface area contributed by atoms with Gasteiger partial charge < -0.3 is 42.7 Å². The molecule has 0 saturated carbocycles. The second-order valence-corrected chi connectivity index (χ2v) is 7.09. The van der Waals surface area contributed by atoms with Crippen LogP contribution in [0.2, 0.25) is 0 Å². The summed E-state index contributed by atoms with van der Waals surface area (Å²) in [6.45, 7) is 4.79. The Hall–Kier alpha value is -2.29. The summed E-state index contributed by atoms with van der Waals surface area (Å²) in [4.78, 5) is 8.63. The number of rotatable bonds is 15. The number of hydrogen-bond donors (Lipinski definition) is 2. The van der Waals surface area contributed by atoms with Gasteiger partial charge in [0.1, 0.15) is 11.5 Å². The third-order valence-corrected chi connectivity index (χ3v) is 4.65. The number of ether oxygens (including phenoxy) is 2. The maximum Gasteiger partial charge on any atom is 3.00 e. The molecule has 2 N–H and O–H groups in total. The van der Waals surface area contributed by atoms with Crippen LogP contribution in [0.4, 0.5) is 0 Å². The summed E-state index contributed by atoms with van der Waals surface area (Å²) in [5.41, 5.74) is 1.09. The number of nitrogens with zero attached hydrogens (tertiary/aromatic N) is 2. The second kappa shape index (κ2) is 19.1. The van der Waals surface area contributed by atoms with Gasteiger partial charge >= 0.3 is 17.1 Å². The van der Waals surface area contributed by atoms with E-state index in [0.717, 1.165) is 39.0 Å². The van der Waals surface area contributed by atoms with Gasteiger partial charge in [-0.05, 0) is 61.3 Å². The number of nitrogens with one attached hydrogen (secondary N) is 2. The van der Waals surface area contributed by atoms with E-state index in [4.69, 9.17) is 9.47 Å². The molecule has 0 radical (unpaired) electrons. The largest absolute Gasteiger partial charge is 3.00 e. The molecule has 0 bridgehead atoms. The van der Waals surface area contributed by atoms with Crippen molar-refractivity contribution < 1.29 is 49.2 Å². The molecule has 2 aromatic carbocycles. The first-order valence-electron chi connectivity index (χ1n) is 10.7. The molecule has 0 unspecified atom stereocenters. The van der Waals surface area contributed by atoms with Gasteiger partial charge in [0.25, 0.3) is 0 Å². The topological polar surface area (TPSA) is 113 Å². The quantitative estimate of drug-likeness (QED) is 0.162. The molecule has 0 fully saturated rings. The smallest absolute Gasteiger partial charge is 1.00 e. The summed E-state index contributed by atoms with van der Waals surface area (Å²) >= 11 is 0. The van der Waals surface area contributed by atoms with Crippen molar-refractivity contribution in [3.63, 3.8) is 0 Å². The maximum atomic E-state index is 11.7. The Morgan fingerprint density at radius 3 is 1.53 bits per heavy atom. The Morgan fingerprint density at radius 1 is 0.735 bits per heavy atom. The molecule has 2 rings (SSSR count). The Kier molecular flexibility index (Phi) is 17.8. The molecule has 10 heteroatoms. The van der Waals surface area contributed by atoms with Gasteiger partial charge in [0, 0.05) is 38.6 Å². The first-order chi connectivity index (χ1) is 15.6. The van der Waals surface area contributed by atoms with E-state index in [1.54, 1.807) is 50.9 Å². The summed E-state index contributed by atoms with van der Waals surface area (Å²) in [5.74, 6) is 1.20. The van der Waals surface area contributed by atoms with E-state index in [1.807, 2.05) is 0 Å². The van der Waals surface area contributed by atoms with E-state index in [2.05, 4.69) is 20.6 Å². The molecule has 2 aromatic rings. The van der Waals surface area contributed by atoms with E-state index in [-0.39, 0.29) is 41.0 Å². The van der Waals surface area contributed by atoms with Crippen LogP contribution in [0.25, 0.3) is 0 Å². The van der Waals surface area contributed by atoms with E-state index < -0.39 is 0 Å². The van der Waals surface area contributed by atoms with Crippen LogP contribution in [-0.4, -0.2) is 65.9 Å². The number of halogens is 1.